The summed E-state index contributed by atoms with van der Waals surface area (Å²) in [5, 5.41) is 3.20. The van der Waals surface area contributed by atoms with Crippen molar-refractivity contribution in [1.82, 2.24) is 19.2 Å². The Morgan fingerprint density at radius 3 is 2.63 bits per heavy atom. The summed E-state index contributed by atoms with van der Waals surface area (Å²) in [6, 6.07) is 12.0. The van der Waals surface area contributed by atoms with Crippen molar-refractivity contribution in [2.24, 2.45) is 0 Å². The minimum absolute atomic E-state index is 0.00389. The van der Waals surface area contributed by atoms with E-state index in [9.17, 15) is 9.59 Å². The molecular formula is C25H26ClN5O4. The van der Waals surface area contributed by atoms with Gasteiger partial charge in [0.05, 0.1) is 11.4 Å². The number of aromatic nitrogens is 4. The predicted molar refractivity (Wildman–Crippen MR) is 133 cm³/mol. The molecule has 1 N–H and O–H groups in total. The maximum absolute atomic E-state index is 12.6. The number of amides is 1. The van der Waals surface area contributed by atoms with E-state index in [1.807, 2.05) is 45.9 Å². The number of rotatable bonds is 8. The average molecular weight is 496 g/mol. The molecule has 1 amide bonds. The van der Waals surface area contributed by atoms with Crippen LogP contribution >= 0.6 is 11.6 Å². The van der Waals surface area contributed by atoms with Gasteiger partial charge >= 0.3 is 0 Å². The van der Waals surface area contributed by atoms with Gasteiger partial charge in [0, 0.05) is 17.1 Å². The molecule has 2 heterocycles. The highest BCUT2D eigenvalue weighted by Crippen LogP contribution is 2.29. The Balaban J connectivity index is 1.45. The van der Waals surface area contributed by atoms with Crippen molar-refractivity contribution in [2.45, 2.75) is 40.3 Å². The summed E-state index contributed by atoms with van der Waals surface area (Å²) in [6.07, 6.45) is 1.58. The summed E-state index contributed by atoms with van der Waals surface area (Å²) < 4.78 is 14.6. The lowest BCUT2D eigenvalue weighted by atomic mass is 10.1. The number of hydrogen-bond acceptors (Lipinski definition) is 6. The van der Waals surface area contributed by atoms with E-state index in [0.29, 0.717) is 27.9 Å². The molecule has 0 atom stereocenters. The minimum Gasteiger partial charge on any atom is -0.485 e. The van der Waals surface area contributed by atoms with Crippen molar-refractivity contribution in [1.29, 1.82) is 0 Å². The van der Waals surface area contributed by atoms with E-state index in [1.54, 1.807) is 29.2 Å². The van der Waals surface area contributed by atoms with Gasteiger partial charge in [-0.1, -0.05) is 17.7 Å². The molecule has 0 radical (unpaired) electrons. The number of anilines is 1. The Hall–Kier alpha value is -3.85. The van der Waals surface area contributed by atoms with E-state index in [0.717, 1.165) is 11.1 Å². The molecule has 0 fully saturated rings. The van der Waals surface area contributed by atoms with Crippen molar-refractivity contribution in [3.05, 3.63) is 81.0 Å². The minimum atomic E-state index is -0.368. The highest BCUT2D eigenvalue weighted by atomic mass is 35.5. The first-order valence-electron chi connectivity index (χ1n) is 11.1. The lowest BCUT2D eigenvalue weighted by Crippen LogP contribution is -2.23. The fourth-order valence-electron chi connectivity index (χ4n) is 3.43. The number of aryl methyl sites for hydroxylation is 2. The van der Waals surface area contributed by atoms with Gasteiger partial charge in [0.25, 0.3) is 17.2 Å². The number of fused-ring (bicyclic) bond motifs is 1. The first-order valence-corrected chi connectivity index (χ1v) is 11.5. The number of carbonyl (C=O) groups excluding carboxylic acids is 1. The van der Waals surface area contributed by atoms with Gasteiger partial charge in [0.1, 0.15) is 24.4 Å². The van der Waals surface area contributed by atoms with Gasteiger partial charge in [-0.3, -0.25) is 14.3 Å². The highest BCUT2D eigenvalue weighted by molar-refractivity contribution is 6.31. The Bertz CT molecular complexity index is 1440. The van der Waals surface area contributed by atoms with Crippen LogP contribution in [0.15, 0.2) is 53.6 Å². The number of hydrogen-bond donors (Lipinski definition) is 1. The van der Waals surface area contributed by atoms with Gasteiger partial charge in [-0.25, -0.2) is 4.98 Å². The maximum Gasteiger partial charge on any atom is 0.274 e. The maximum atomic E-state index is 12.6. The lowest BCUT2D eigenvalue weighted by molar-refractivity contribution is -0.118. The highest BCUT2D eigenvalue weighted by Gasteiger charge is 2.13. The SMILES string of the molecule is Cc1ccc(OCC(=O)Nc2cc(Cl)ccc2OCc2cc(=O)n3c(ncn3C(C)C)n2)cc1C. The molecule has 0 aliphatic heterocycles. The molecule has 0 aliphatic carbocycles. The third-order valence-electron chi connectivity index (χ3n) is 5.42. The quantitative estimate of drug-likeness (QED) is 0.390. The molecule has 4 rings (SSSR count). The largest absolute Gasteiger partial charge is 0.485 e. The Morgan fingerprint density at radius 2 is 1.89 bits per heavy atom. The summed E-state index contributed by atoms with van der Waals surface area (Å²) >= 11 is 6.13. The van der Waals surface area contributed by atoms with Crippen molar-refractivity contribution >= 4 is 29.0 Å². The second-order valence-electron chi connectivity index (χ2n) is 8.43. The Labute approximate surface area is 207 Å². The smallest absolute Gasteiger partial charge is 0.274 e. The van der Waals surface area contributed by atoms with Crippen LogP contribution in [0.2, 0.25) is 5.02 Å². The third-order valence-corrected chi connectivity index (χ3v) is 5.66. The molecule has 4 aromatic rings. The fourth-order valence-corrected chi connectivity index (χ4v) is 3.60. The molecular weight excluding hydrogens is 470 g/mol. The molecule has 0 saturated carbocycles. The van der Waals surface area contributed by atoms with Crippen LogP contribution in [-0.2, 0) is 11.4 Å². The van der Waals surface area contributed by atoms with Crippen LogP contribution in [0.1, 0.15) is 36.7 Å². The van der Waals surface area contributed by atoms with Gasteiger partial charge in [-0.15, -0.1) is 0 Å². The van der Waals surface area contributed by atoms with Gasteiger partial charge in [0.15, 0.2) is 6.61 Å². The van der Waals surface area contributed by atoms with E-state index < -0.39 is 0 Å². The molecule has 2 aromatic carbocycles. The number of nitrogens with one attached hydrogen (secondary N) is 1. The normalized spacial score (nSPS) is 11.1. The molecule has 0 spiro atoms. The second kappa shape index (κ2) is 10.2. The summed E-state index contributed by atoms with van der Waals surface area (Å²) in [4.78, 5) is 33.7. The molecule has 2 aromatic heterocycles. The van der Waals surface area contributed by atoms with Gasteiger partial charge in [-0.2, -0.15) is 9.50 Å². The zero-order chi connectivity index (χ0) is 25.1. The number of ether oxygens (including phenoxy) is 2. The summed E-state index contributed by atoms with van der Waals surface area (Å²) in [5.74, 6) is 0.910. The first kappa shape index (κ1) is 24.3. The second-order valence-corrected chi connectivity index (χ2v) is 8.86. The lowest BCUT2D eigenvalue weighted by Gasteiger charge is -2.14. The Morgan fingerprint density at radius 1 is 1.09 bits per heavy atom. The summed E-state index contributed by atoms with van der Waals surface area (Å²) in [7, 11) is 0. The summed E-state index contributed by atoms with van der Waals surface area (Å²) in [6.45, 7) is 7.72. The third kappa shape index (κ3) is 5.63. The number of nitrogens with zero attached hydrogens (tertiary/aromatic N) is 4. The predicted octanol–water partition coefficient (Wildman–Crippen LogP) is 4.34. The fraction of sp³-hybridized carbons (Fsp3) is 0.280. The average Bonchev–Trinajstić information content (AvgIpc) is 3.24. The van der Waals surface area contributed by atoms with E-state index in [4.69, 9.17) is 21.1 Å². The molecule has 182 valence electrons. The monoisotopic (exact) mass is 495 g/mol. The Kier molecular flexibility index (Phi) is 7.07. The van der Waals surface area contributed by atoms with E-state index in [1.165, 1.54) is 10.6 Å². The van der Waals surface area contributed by atoms with Crippen LogP contribution in [0.5, 0.6) is 11.5 Å². The zero-order valence-corrected chi connectivity index (χ0v) is 20.7. The number of carbonyl (C=O) groups is 1. The van der Waals surface area contributed by atoms with E-state index in [2.05, 4.69) is 15.3 Å². The van der Waals surface area contributed by atoms with E-state index >= 15 is 0 Å². The van der Waals surface area contributed by atoms with Crippen molar-refractivity contribution in [2.75, 3.05) is 11.9 Å². The number of benzene rings is 2. The van der Waals surface area contributed by atoms with E-state index in [-0.39, 0.29) is 36.5 Å². The topological polar surface area (TPSA) is 99.7 Å². The molecule has 35 heavy (non-hydrogen) atoms. The van der Waals surface area contributed by atoms with Gasteiger partial charge < -0.3 is 14.8 Å². The molecule has 0 saturated heterocycles. The molecule has 0 unspecified atom stereocenters. The van der Waals surface area contributed by atoms with Gasteiger partial charge in [-0.05, 0) is 69.2 Å². The van der Waals surface area contributed by atoms with Crippen LogP contribution in [0, 0.1) is 13.8 Å². The van der Waals surface area contributed by atoms with Crippen molar-refractivity contribution < 1.29 is 14.3 Å². The first-order chi connectivity index (χ1) is 16.7. The van der Waals surface area contributed by atoms with Crippen molar-refractivity contribution in [3.8, 4) is 11.5 Å². The summed E-state index contributed by atoms with van der Waals surface area (Å²) in [5.41, 5.74) is 2.76. The van der Waals surface area contributed by atoms with Crippen LogP contribution in [0.25, 0.3) is 5.78 Å². The standard InChI is InChI=1S/C25H26ClN5O4/c1-15(2)30-14-27-25-28-19(11-24(33)31(25)30)12-35-22-8-6-18(26)10-21(22)29-23(32)13-34-20-7-5-16(3)17(4)9-20/h5-11,14-15H,12-13H2,1-4H3,(H,29,32). The molecule has 10 heteroatoms. The van der Waals surface area contributed by atoms with Crippen LogP contribution in [-0.4, -0.2) is 31.7 Å². The van der Waals surface area contributed by atoms with Crippen LogP contribution in [0.3, 0.4) is 0 Å². The molecule has 0 bridgehead atoms. The molecule has 9 nitrogen and oxygen atoms in total. The zero-order valence-electron chi connectivity index (χ0n) is 19.9. The number of halogens is 1. The van der Waals surface area contributed by atoms with Gasteiger partial charge in [0.2, 0.25) is 0 Å². The molecule has 0 aliphatic rings. The van der Waals surface area contributed by atoms with Crippen LogP contribution < -0.4 is 20.3 Å². The van der Waals surface area contributed by atoms with Crippen molar-refractivity contribution in [3.63, 3.8) is 0 Å². The van der Waals surface area contributed by atoms with Crippen LogP contribution in [0.4, 0.5) is 5.69 Å².